The number of ether oxygens (including phenoxy) is 1. The first kappa shape index (κ1) is 38.8. The van der Waals surface area contributed by atoms with E-state index in [4.69, 9.17) is 4.74 Å². The topological polar surface area (TPSA) is 171 Å². The van der Waals surface area contributed by atoms with Gasteiger partial charge in [-0.1, -0.05) is 33.6 Å². The molecule has 0 spiro atoms. The van der Waals surface area contributed by atoms with E-state index < -0.39 is 42.0 Å². The highest BCUT2D eigenvalue weighted by molar-refractivity contribution is 7.10. The Balaban J connectivity index is 1.28. The fourth-order valence-electron chi connectivity index (χ4n) is 7.40. The Morgan fingerprint density at radius 1 is 1.06 bits per heavy atom. The van der Waals surface area contributed by atoms with Gasteiger partial charge in [-0.2, -0.15) is 0 Å². The highest BCUT2D eigenvalue weighted by atomic mass is 32.1. The monoisotopic (exact) mass is 744 g/mol. The molecule has 51 heavy (non-hydrogen) atoms. The summed E-state index contributed by atoms with van der Waals surface area (Å²) in [4.78, 5) is 77.9. The van der Waals surface area contributed by atoms with Crippen LogP contribution < -0.4 is 10.6 Å². The van der Waals surface area contributed by atoms with Gasteiger partial charge in [-0.05, 0) is 62.9 Å². The number of carbonyl (C=O) groups is 5. The number of carbonyl (C=O) groups excluding carboxylic acids is 4. The van der Waals surface area contributed by atoms with Crippen molar-refractivity contribution in [3.63, 3.8) is 0 Å². The smallest absolute Gasteiger partial charge is 0.306 e. The maximum atomic E-state index is 14.2. The zero-order chi connectivity index (χ0) is 36.8. The molecule has 6 atom stereocenters. The number of nitrogens with one attached hydrogen (secondary N) is 2. The lowest BCUT2D eigenvalue weighted by Gasteiger charge is -2.45. The van der Waals surface area contributed by atoms with E-state index in [1.807, 2.05) is 19.2 Å². The second kappa shape index (κ2) is 17.4. The molecule has 1 saturated carbocycles. The van der Waals surface area contributed by atoms with Crippen molar-refractivity contribution >= 4 is 52.3 Å². The molecule has 3 amide bonds. The van der Waals surface area contributed by atoms with E-state index in [1.54, 1.807) is 30.4 Å². The number of hydrogen-bond acceptors (Lipinski definition) is 11. The van der Waals surface area contributed by atoms with Gasteiger partial charge in [-0.15, -0.1) is 22.7 Å². The third-order valence-corrected chi connectivity index (χ3v) is 12.3. The van der Waals surface area contributed by atoms with Crippen LogP contribution in [-0.4, -0.2) is 98.8 Å². The molecule has 0 radical (unpaired) electrons. The summed E-state index contributed by atoms with van der Waals surface area (Å²) in [5, 5.41) is 20.2. The maximum absolute atomic E-state index is 14.2. The van der Waals surface area contributed by atoms with Crippen LogP contribution in [0.1, 0.15) is 106 Å². The molecule has 280 valence electrons. The molecule has 3 saturated heterocycles. The zero-order valence-electron chi connectivity index (χ0n) is 30.2. The molecule has 0 unspecified atom stereocenters. The van der Waals surface area contributed by atoms with Gasteiger partial charge in [-0.25, -0.2) is 9.97 Å². The van der Waals surface area contributed by atoms with Crippen LogP contribution in [0, 0.1) is 23.7 Å². The normalized spacial score (nSPS) is 22.7. The van der Waals surface area contributed by atoms with Gasteiger partial charge in [0.15, 0.2) is 6.10 Å². The minimum absolute atomic E-state index is 0.0277. The van der Waals surface area contributed by atoms with E-state index in [0.29, 0.717) is 29.7 Å². The minimum Gasteiger partial charge on any atom is -0.481 e. The number of aromatic nitrogens is 2. The van der Waals surface area contributed by atoms with Crippen molar-refractivity contribution in [1.82, 2.24) is 30.4 Å². The summed E-state index contributed by atoms with van der Waals surface area (Å²) in [7, 11) is 1.75. The number of fused-ring (bicyclic) bond motifs is 3. The number of thiazole rings is 2. The molecule has 5 heterocycles. The number of carboxylic acid groups (broad SMARTS) is 1. The number of amides is 3. The fourth-order valence-corrected chi connectivity index (χ4v) is 8.94. The summed E-state index contributed by atoms with van der Waals surface area (Å²) in [6, 6.07) is -1.67. The van der Waals surface area contributed by atoms with Gasteiger partial charge in [0.05, 0.1) is 17.0 Å². The average molecular weight is 745 g/mol. The molecular weight excluding hydrogens is 693 g/mol. The first-order valence-corrected chi connectivity index (χ1v) is 19.9. The van der Waals surface area contributed by atoms with Gasteiger partial charge in [0.1, 0.15) is 16.7 Å². The van der Waals surface area contributed by atoms with E-state index in [0.717, 1.165) is 50.2 Å². The van der Waals surface area contributed by atoms with Crippen LogP contribution in [0.25, 0.3) is 0 Å². The van der Waals surface area contributed by atoms with Gasteiger partial charge in [0.2, 0.25) is 11.8 Å². The van der Waals surface area contributed by atoms with Crippen molar-refractivity contribution in [2.24, 2.45) is 23.7 Å². The molecule has 13 nitrogen and oxygen atoms in total. The predicted octanol–water partition coefficient (Wildman–Crippen LogP) is 4.30. The van der Waals surface area contributed by atoms with Crippen molar-refractivity contribution in [2.75, 3.05) is 20.1 Å². The molecule has 15 heteroatoms. The van der Waals surface area contributed by atoms with Crippen molar-refractivity contribution in [3.05, 3.63) is 32.7 Å². The number of rotatable bonds is 18. The molecule has 0 aromatic carbocycles. The highest BCUT2D eigenvalue weighted by Crippen LogP contribution is 2.36. The summed E-state index contributed by atoms with van der Waals surface area (Å²) in [5.74, 6) is -1.88. The molecule has 2 bridgehead atoms. The summed E-state index contributed by atoms with van der Waals surface area (Å²) in [6.07, 6.45) is 7.48. The molecule has 2 aromatic heterocycles. The van der Waals surface area contributed by atoms with Crippen LogP contribution >= 0.6 is 22.7 Å². The number of likely N-dealkylation sites (N-methyl/N-ethyl adjacent to an activating group) is 1. The van der Waals surface area contributed by atoms with Gasteiger partial charge in [0.25, 0.3) is 5.91 Å². The highest BCUT2D eigenvalue weighted by Gasteiger charge is 2.41. The number of piperidine rings is 3. The third-order valence-electron chi connectivity index (χ3n) is 10.5. The van der Waals surface area contributed by atoms with Crippen LogP contribution in [0.4, 0.5) is 0 Å². The molecule has 6 rings (SSSR count). The summed E-state index contributed by atoms with van der Waals surface area (Å²) in [6.45, 7) is 8.77. The largest absolute Gasteiger partial charge is 0.481 e. The number of carboxylic acids is 1. The number of nitrogens with zero attached hydrogens (tertiary/aromatic N) is 4. The SMILES string of the molecule is CC(=O)O[C@H](C[C@H](C(C)C)N(C)C(=O)[C@H](CC1CC1)NC(=O)[C@H]1CC2CCN1CC2)c1nc(C(=O)N[C@@H](Cc2nccs2)C[C@H](C)C(=O)O)cs1. The second-order valence-electron chi connectivity index (χ2n) is 14.9. The second-order valence-corrected chi connectivity index (χ2v) is 16.8. The first-order chi connectivity index (χ1) is 24.3. The van der Waals surface area contributed by atoms with E-state index in [1.165, 1.54) is 29.6 Å². The van der Waals surface area contributed by atoms with Crippen molar-refractivity contribution in [1.29, 1.82) is 0 Å². The zero-order valence-corrected chi connectivity index (χ0v) is 31.8. The molecule has 3 N–H and O–H groups in total. The van der Waals surface area contributed by atoms with E-state index in [-0.39, 0.29) is 48.4 Å². The molecule has 3 aliphatic heterocycles. The molecule has 4 fully saturated rings. The lowest BCUT2D eigenvalue weighted by Crippen LogP contribution is -2.59. The quantitative estimate of drug-likeness (QED) is 0.187. The predicted molar refractivity (Wildman–Crippen MR) is 193 cm³/mol. The summed E-state index contributed by atoms with van der Waals surface area (Å²) in [5.41, 5.74) is 0.129. The van der Waals surface area contributed by atoms with Crippen molar-refractivity contribution < 1.29 is 33.8 Å². The molecule has 4 aliphatic rings. The Morgan fingerprint density at radius 3 is 2.35 bits per heavy atom. The van der Waals surface area contributed by atoms with Crippen LogP contribution in [0.2, 0.25) is 0 Å². The van der Waals surface area contributed by atoms with E-state index in [9.17, 15) is 29.1 Å². The van der Waals surface area contributed by atoms with Crippen molar-refractivity contribution in [3.8, 4) is 0 Å². The summed E-state index contributed by atoms with van der Waals surface area (Å²) >= 11 is 2.62. The van der Waals surface area contributed by atoms with E-state index in [2.05, 4.69) is 25.5 Å². The minimum atomic E-state index is -0.952. The number of esters is 1. The van der Waals surface area contributed by atoms with Crippen LogP contribution in [0.3, 0.4) is 0 Å². The average Bonchev–Trinajstić information content (AvgIpc) is 3.51. The Kier molecular flexibility index (Phi) is 13.2. The third kappa shape index (κ3) is 10.6. The van der Waals surface area contributed by atoms with Crippen molar-refractivity contribution in [2.45, 2.75) is 116 Å². The van der Waals surface area contributed by atoms with E-state index >= 15 is 0 Å². The van der Waals surface area contributed by atoms with Crippen LogP contribution in [0.5, 0.6) is 0 Å². The number of aliphatic carboxylic acids is 1. The van der Waals surface area contributed by atoms with Gasteiger partial charge in [-0.3, -0.25) is 28.9 Å². The van der Waals surface area contributed by atoms with Crippen LogP contribution in [0.15, 0.2) is 17.0 Å². The molecular formula is C36H52N6O7S2. The fraction of sp³-hybridized carbons (Fsp3) is 0.694. The van der Waals surface area contributed by atoms with Gasteiger partial charge < -0.3 is 25.4 Å². The summed E-state index contributed by atoms with van der Waals surface area (Å²) < 4.78 is 5.77. The van der Waals surface area contributed by atoms with Crippen LogP contribution in [-0.2, 0) is 30.3 Å². The maximum Gasteiger partial charge on any atom is 0.306 e. The Labute approximate surface area is 307 Å². The molecule has 2 aromatic rings. The van der Waals surface area contributed by atoms with Gasteiger partial charge >= 0.3 is 11.9 Å². The lowest BCUT2D eigenvalue weighted by molar-refractivity contribution is -0.149. The Bertz CT molecular complexity index is 1520. The Hall–Kier alpha value is -3.43. The first-order valence-electron chi connectivity index (χ1n) is 18.1. The molecule has 1 aliphatic carbocycles. The number of hydrogen-bond donors (Lipinski definition) is 3. The van der Waals surface area contributed by atoms with Gasteiger partial charge in [0, 0.05) is 55.9 Å². The standard InChI is InChI=1S/C36H52N6O7S2/c1-20(2)28(41(5)35(46)26(15-23-6-7-23)39-33(45)29-16-24-8-11-42(29)12-9-24)18-30(49-22(4)43)34-40-27(19-51-34)32(44)38-25(14-21(3)36(47)48)17-31-37-10-13-50-31/h10,13,19-21,23-26,28-30H,6-9,11-12,14-18H2,1-5H3,(H,38,44)(H,39,45)(H,47,48)/t21-,25+,26-,28+,29+,30+/m0/s1. The Morgan fingerprint density at radius 2 is 1.78 bits per heavy atom. The lowest BCUT2D eigenvalue weighted by atomic mass is 9.83.